The number of hydrogen-bond acceptors (Lipinski definition) is 6. The minimum atomic E-state index is -0.409. The molecule has 1 saturated carbocycles. The topological polar surface area (TPSA) is 79.0 Å². The number of aromatic nitrogens is 4. The molecule has 9 heteroatoms. The molecule has 186 valence electrons. The van der Waals surface area contributed by atoms with Crippen molar-refractivity contribution in [1.29, 1.82) is 0 Å². The lowest BCUT2D eigenvalue weighted by molar-refractivity contribution is 0.270. The normalized spacial score (nSPS) is 17.5. The first-order chi connectivity index (χ1) is 17.6. The number of nitrogens with one attached hydrogen (secondary N) is 2. The highest BCUT2D eigenvalue weighted by Crippen LogP contribution is 2.40. The van der Waals surface area contributed by atoms with Gasteiger partial charge in [-0.1, -0.05) is 23.8 Å². The summed E-state index contributed by atoms with van der Waals surface area (Å²) in [5.41, 5.74) is 5.44. The number of H-pyrrole nitrogens is 1. The standard InChI is InChI=1S/C27H28F2N6O/c1-16-12-19-4-5-23(26(29)20(19)13-16)36-27-30-21(18-6-9-35(10-7-18)11-8-28)14-24(32-27)31-25-15-22(33-34-25)17-2-3-17/h4-6,13-15,17H,2-3,7-12H2,1H3,(H2,30,31,32,33,34). The van der Waals surface area contributed by atoms with E-state index in [4.69, 9.17) is 4.74 Å². The molecule has 36 heavy (non-hydrogen) atoms. The summed E-state index contributed by atoms with van der Waals surface area (Å²) < 4.78 is 33.9. The van der Waals surface area contributed by atoms with Crippen molar-refractivity contribution in [3.63, 3.8) is 0 Å². The number of alkyl halides is 1. The molecule has 0 radical (unpaired) electrons. The molecule has 7 nitrogen and oxygen atoms in total. The summed E-state index contributed by atoms with van der Waals surface area (Å²) in [5.74, 6) is 1.39. The van der Waals surface area contributed by atoms with Crippen LogP contribution in [0.4, 0.5) is 20.4 Å². The monoisotopic (exact) mass is 490 g/mol. The number of hydrogen-bond donors (Lipinski definition) is 2. The summed E-state index contributed by atoms with van der Waals surface area (Å²) in [6.45, 7) is 3.44. The summed E-state index contributed by atoms with van der Waals surface area (Å²) in [6, 6.07) is 7.41. The number of allylic oxidation sites excluding steroid dienone is 1. The van der Waals surface area contributed by atoms with E-state index in [0.717, 1.165) is 41.8 Å². The largest absolute Gasteiger partial charge is 0.421 e. The molecule has 2 aromatic heterocycles. The molecule has 0 unspecified atom stereocenters. The molecule has 2 aliphatic carbocycles. The Kier molecular flexibility index (Phi) is 6.00. The van der Waals surface area contributed by atoms with Crippen molar-refractivity contribution in [2.24, 2.45) is 0 Å². The molecule has 6 rings (SSSR count). The first-order valence-corrected chi connectivity index (χ1v) is 12.4. The van der Waals surface area contributed by atoms with E-state index in [2.05, 4.69) is 36.5 Å². The second kappa shape index (κ2) is 9.46. The molecule has 0 atom stereocenters. The van der Waals surface area contributed by atoms with E-state index in [9.17, 15) is 4.39 Å². The molecule has 0 bridgehead atoms. The Morgan fingerprint density at radius 2 is 2.08 bits per heavy atom. The molecule has 0 spiro atoms. The van der Waals surface area contributed by atoms with Crippen molar-refractivity contribution >= 4 is 23.3 Å². The first-order valence-electron chi connectivity index (χ1n) is 12.4. The van der Waals surface area contributed by atoms with Gasteiger partial charge in [-0.05, 0) is 49.8 Å². The van der Waals surface area contributed by atoms with Gasteiger partial charge in [0.15, 0.2) is 17.4 Å². The second-order valence-electron chi connectivity index (χ2n) is 9.72. The van der Waals surface area contributed by atoms with Crippen molar-refractivity contribution < 1.29 is 13.5 Å². The minimum absolute atomic E-state index is 0.0533. The van der Waals surface area contributed by atoms with Gasteiger partial charge in [-0.15, -0.1) is 0 Å². The van der Waals surface area contributed by atoms with Crippen LogP contribution >= 0.6 is 0 Å². The molecular formula is C27H28F2N6O. The quantitative estimate of drug-likeness (QED) is 0.417. The van der Waals surface area contributed by atoms with Gasteiger partial charge >= 0.3 is 6.01 Å². The molecule has 3 heterocycles. The Bertz CT molecular complexity index is 1360. The zero-order chi connectivity index (χ0) is 24.6. The van der Waals surface area contributed by atoms with E-state index < -0.39 is 5.82 Å². The number of halogens is 2. The molecule has 0 amide bonds. The van der Waals surface area contributed by atoms with Gasteiger partial charge in [-0.25, -0.2) is 8.78 Å². The van der Waals surface area contributed by atoms with E-state index >= 15 is 4.39 Å². The molecule has 1 aliphatic heterocycles. The fraction of sp³-hybridized carbons (Fsp3) is 0.370. The van der Waals surface area contributed by atoms with Crippen LogP contribution in [0.2, 0.25) is 0 Å². The fourth-order valence-electron chi connectivity index (χ4n) is 4.80. The molecule has 3 aliphatic rings. The zero-order valence-corrected chi connectivity index (χ0v) is 20.2. The maximum Gasteiger partial charge on any atom is 0.324 e. The third kappa shape index (κ3) is 4.75. The number of aromatic amines is 1. The predicted molar refractivity (Wildman–Crippen MR) is 135 cm³/mol. The highest BCUT2D eigenvalue weighted by atomic mass is 19.1. The maximum absolute atomic E-state index is 15.2. The number of ether oxygens (including phenoxy) is 1. The van der Waals surface area contributed by atoms with Crippen molar-refractivity contribution in [1.82, 2.24) is 25.1 Å². The Balaban J connectivity index is 1.31. The van der Waals surface area contributed by atoms with Crippen molar-refractivity contribution in [3.05, 3.63) is 64.2 Å². The average molecular weight is 491 g/mol. The van der Waals surface area contributed by atoms with Gasteiger partial charge in [-0.2, -0.15) is 15.1 Å². The Morgan fingerprint density at radius 3 is 2.86 bits per heavy atom. The number of rotatable bonds is 8. The molecule has 3 aromatic rings. The van der Waals surface area contributed by atoms with Crippen LogP contribution in [0.3, 0.4) is 0 Å². The summed E-state index contributed by atoms with van der Waals surface area (Å²) in [4.78, 5) is 11.2. The van der Waals surface area contributed by atoms with Gasteiger partial charge in [0.05, 0.1) is 5.69 Å². The minimum Gasteiger partial charge on any atom is -0.421 e. The predicted octanol–water partition coefficient (Wildman–Crippen LogP) is 5.77. The average Bonchev–Trinajstić information content (AvgIpc) is 3.50. The van der Waals surface area contributed by atoms with E-state index in [-0.39, 0.29) is 18.4 Å². The van der Waals surface area contributed by atoms with Gasteiger partial charge in [0.25, 0.3) is 0 Å². The Labute approximate surface area is 208 Å². The highest BCUT2D eigenvalue weighted by Gasteiger charge is 2.26. The number of fused-ring (bicyclic) bond motifs is 1. The van der Waals surface area contributed by atoms with Gasteiger partial charge < -0.3 is 10.1 Å². The maximum atomic E-state index is 15.2. The third-order valence-corrected chi connectivity index (χ3v) is 6.90. The van der Waals surface area contributed by atoms with Gasteiger partial charge in [-0.3, -0.25) is 10.00 Å². The fourth-order valence-corrected chi connectivity index (χ4v) is 4.80. The summed E-state index contributed by atoms with van der Waals surface area (Å²) in [5, 5.41) is 10.7. The molecule has 1 aromatic carbocycles. The Hall–Kier alpha value is -3.59. The smallest absolute Gasteiger partial charge is 0.324 e. The van der Waals surface area contributed by atoms with E-state index in [0.29, 0.717) is 41.9 Å². The van der Waals surface area contributed by atoms with Crippen LogP contribution in [0.1, 0.15) is 54.6 Å². The molecular weight excluding hydrogens is 462 g/mol. The van der Waals surface area contributed by atoms with Crippen molar-refractivity contribution in [2.45, 2.75) is 38.5 Å². The van der Waals surface area contributed by atoms with Crippen LogP contribution in [0, 0.1) is 5.82 Å². The SMILES string of the molecule is CC1=Cc2c(ccc(Oc3nc(Nc4cc(C5CC5)[nH]n4)cc(C4=CCN(CCF)CC4)n3)c2F)C1. The lowest BCUT2D eigenvalue weighted by Crippen LogP contribution is -2.30. The lowest BCUT2D eigenvalue weighted by Gasteiger charge is -2.25. The third-order valence-electron chi connectivity index (χ3n) is 6.90. The van der Waals surface area contributed by atoms with E-state index in [1.165, 1.54) is 12.8 Å². The molecule has 2 N–H and O–H groups in total. The van der Waals surface area contributed by atoms with Gasteiger partial charge in [0.1, 0.15) is 12.5 Å². The van der Waals surface area contributed by atoms with Crippen LogP contribution in [0.15, 0.2) is 35.9 Å². The van der Waals surface area contributed by atoms with Gasteiger partial charge in [0, 0.05) is 48.9 Å². The first kappa shape index (κ1) is 22.8. The van der Waals surface area contributed by atoms with E-state index in [1.807, 2.05) is 31.2 Å². The summed E-state index contributed by atoms with van der Waals surface area (Å²) in [6.07, 6.45) is 7.72. The van der Waals surface area contributed by atoms with E-state index in [1.54, 1.807) is 6.07 Å². The van der Waals surface area contributed by atoms with Crippen molar-refractivity contribution in [3.8, 4) is 11.8 Å². The van der Waals surface area contributed by atoms with Crippen LogP contribution in [0.25, 0.3) is 11.6 Å². The molecule has 0 saturated heterocycles. The van der Waals surface area contributed by atoms with Crippen LogP contribution < -0.4 is 10.1 Å². The molecule has 1 fully saturated rings. The number of anilines is 2. The summed E-state index contributed by atoms with van der Waals surface area (Å²) in [7, 11) is 0. The van der Waals surface area contributed by atoms with Crippen LogP contribution in [-0.4, -0.2) is 51.4 Å². The second-order valence-corrected chi connectivity index (χ2v) is 9.72. The summed E-state index contributed by atoms with van der Waals surface area (Å²) >= 11 is 0. The lowest BCUT2D eigenvalue weighted by atomic mass is 10.0. The number of nitrogens with zero attached hydrogens (tertiary/aromatic N) is 4. The van der Waals surface area contributed by atoms with Gasteiger partial charge in [0.2, 0.25) is 0 Å². The van der Waals surface area contributed by atoms with Crippen LogP contribution in [-0.2, 0) is 6.42 Å². The Morgan fingerprint density at radius 1 is 1.19 bits per heavy atom. The number of benzene rings is 1. The highest BCUT2D eigenvalue weighted by molar-refractivity contribution is 5.68. The zero-order valence-electron chi connectivity index (χ0n) is 20.2. The van der Waals surface area contributed by atoms with Crippen molar-refractivity contribution in [2.75, 3.05) is 31.6 Å². The van der Waals surface area contributed by atoms with Crippen LogP contribution in [0.5, 0.6) is 11.8 Å².